The lowest BCUT2D eigenvalue weighted by atomic mass is 10.0. The molecule has 1 aromatic heterocycles. The van der Waals surface area contributed by atoms with Crippen molar-refractivity contribution in [2.45, 2.75) is 32.9 Å². The number of aryl methyl sites for hydroxylation is 2. The van der Waals surface area contributed by atoms with Crippen molar-refractivity contribution in [1.82, 2.24) is 14.9 Å². The zero-order chi connectivity index (χ0) is 22.4. The van der Waals surface area contributed by atoms with E-state index in [9.17, 15) is 19.5 Å². The summed E-state index contributed by atoms with van der Waals surface area (Å²) in [7, 11) is 0. The van der Waals surface area contributed by atoms with E-state index >= 15 is 0 Å². The minimum atomic E-state index is -1.05. The normalized spacial score (nSPS) is 11.5. The third-order valence-corrected chi connectivity index (χ3v) is 4.84. The van der Waals surface area contributed by atoms with Gasteiger partial charge in [0.2, 0.25) is 0 Å². The minimum absolute atomic E-state index is 0.0111. The molecule has 31 heavy (non-hydrogen) atoms. The Kier molecular flexibility index (Phi) is 6.81. The molecule has 8 heteroatoms. The average Bonchev–Trinajstić information content (AvgIpc) is 2.74. The number of nitrogens with zero attached hydrogens (tertiary/aromatic N) is 2. The van der Waals surface area contributed by atoms with Gasteiger partial charge in [-0.3, -0.25) is 14.2 Å². The van der Waals surface area contributed by atoms with Gasteiger partial charge in [-0.2, -0.15) is 0 Å². The van der Waals surface area contributed by atoms with Crippen molar-refractivity contribution in [3.8, 4) is 0 Å². The molecule has 1 heterocycles. The van der Waals surface area contributed by atoms with Gasteiger partial charge < -0.3 is 15.7 Å². The Morgan fingerprint density at radius 2 is 1.74 bits per heavy atom. The Morgan fingerprint density at radius 3 is 2.39 bits per heavy atom. The summed E-state index contributed by atoms with van der Waals surface area (Å²) in [6.07, 6.45) is 1.01. The molecule has 3 rings (SSSR count). The highest BCUT2D eigenvalue weighted by atomic mass is 16.4. The van der Waals surface area contributed by atoms with Gasteiger partial charge in [0.15, 0.2) is 0 Å². The average molecular weight is 420 g/mol. The molecule has 0 fully saturated rings. The number of benzene rings is 2. The number of hydrogen-bond acceptors (Lipinski definition) is 4. The van der Waals surface area contributed by atoms with Crippen LogP contribution in [0.5, 0.6) is 0 Å². The number of hydrogen-bond donors (Lipinski definition) is 3. The lowest BCUT2D eigenvalue weighted by Crippen LogP contribution is -2.36. The van der Waals surface area contributed by atoms with Crippen LogP contribution in [0.3, 0.4) is 0 Å². The summed E-state index contributed by atoms with van der Waals surface area (Å²) < 4.78 is 1.47. The molecule has 2 aromatic carbocycles. The second-order valence-electron chi connectivity index (χ2n) is 7.26. The number of carbonyl (C=O) groups is 2. The highest BCUT2D eigenvalue weighted by Crippen LogP contribution is 2.18. The van der Waals surface area contributed by atoms with Crippen molar-refractivity contribution in [2.75, 3.05) is 5.32 Å². The SMILES string of the molecule is Cc1ccc([C@H](CC(=O)O)NC(=O)Nc2cnc(C)n(Cc3ccccc3)c2=O)cc1. The molecule has 3 aromatic rings. The summed E-state index contributed by atoms with van der Waals surface area (Å²) in [4.78, 5) is 40.9. The first-order chi connectivity index (χ1) is 14.8. The molecule has 1 atom stereocenters. The van der Waals surface area contributed by atoms with E-state index in [-0.39, 0.29) is 12.1 Å². The fourth-order valence-corrected chi connectivity index (χ4v) is 3.16. The van der Waals surface area contributed by atoms with Gasteiger partial charge in [0.05, 0.1) is 25.2 Å². The molecule has 0 radical (unpaired) electrons. The number of amides is 2. The van der Waals surface area contributed by atoms with Crippen LogP contribution >= 0.6 is 0 Å². The van der Waals surface area contributed by atoms with Gasteiger partial charge in [-0.25, -0.2) is 9.78 Å². The molecule has 0 saturated heterocycles. The number of anilines is 1. The van der Waals surface area contributed by atoms with E-state index in [2.05, 4.69) is 15.6 Å². The largest absolute Gasteiger partial charge is 0.481 e. The quantitative estimate of drug-likeness (QED) is 0.543. The van der Waals surface area contributed by atoms with Gasteiger partial charge in [0, 0.05) is 0 Å². The van der Waals surface area contributed by atoms with Crippen molar-refractivity contribution < 1.29 is 14.7 Å². The van der Waals surface area contributed by atoms with Crippen LogP contribution in [-0.2, 0) is 11.3 Å². The zero-order valence-electron chi connectivity index (χ0n) is 17.3. The second-order valence-corrected chi connectivity index (χ2v) is 7.26. The smallest absolute Gasteiger partial charge is 0.319 e. The Morgan fingerprint density at radius 1 is 1.06 bits per heavy atom. The molecule has 0 unspecified atom stereocenters. The number of carbonyl (C=O) groups excluding carboxylic acids is 1. The highest BCUT2D eigenvalue weighted by Gasteiger charge is 2.19. The van der Waals surface area contributed by atoms with Gasteiger partial charge in [-0.05, 0) is 25.0 Å². The number of rotatable bonds is 7. The third-order valence-electron chi connectivity index (χ3n) is 4.84. The maximum absolute atomic E-state index is 12.9. The first-order valence-electron chi connectivity index (χ1n) is 9.79. The van der Waals surface area contributed by atoms with Crippen LogP contribution in [0.1, 0.15) is 35.0 Å². The minimum Gasteiger partial charge on any atom is -0.481 e. The fourth-order valence-electron chi connectivity index (χ4n) is 3.16. The summed E-state index contributed by atoms with van der Waals surface area (Å²) in [5.74, 6) is -0.531. The first-order valence-corrected chi connectivity index (χ1v) is 9.79. The standard InChI is InChI=1S/C23H24N4O4/c1-15-8-10-18(11-9-15)19(12-21(28)29)25-23(31)26-20-13-24-16(2)27(22(20)30)14-17-6-4-3-5-7-17/h3-11,13,19H,12,14H2,1-2H3,(H,28,29)(H2,25,26,31)/t19-/m0/s1. The predicted molar refractivity (Wildman–Crippen MR) is 117 cm³/mol. The molecule has 0 aliphatic heterocycles. The summed E-state index contributed by atoms with van der Waals surface area (Å²) in [5.41, 5.74) is 2.23. The zero-order valence-corrected chi connectivity index (χ0v) is 17.3. The lowest BCUT2D eigenvalue weighted by molar-refractivity contribution is -0.137. The van der Waals surface area contributed by atoms with Crippen LogP contribution in [0.2, 0.25) is 0 Å². The number of aliphatic carboxylic acids is 1. The van der Waals surface area contributed by atoms with Crippen LogP contribution < -0.4 is 16.2 Å². The molecule has 160 valence electrons. The molecule has 8 nitrogen and oxygen atoms in total. The van der Waals surface area contributed by atoms with Crippen molar-refractivity contribution in [3.63, 3.8) is 0 Å². The second kappa shape index (κ2) is 9.71. The Hall–Kier alpha value is -3.94. The van der Waals surface area contributed by atoms with Crippen LogP contribution in [0.15, 0.2) is 65.6 Å². The van der Waals surface area contributed by atoms with Crippen molar-refractivity contribution in [3.05, 3.63) is 93.7 Å². The Balaban J connectivity index is 1.78. The van der Waals surface area contributed by atoms with Crippen molar-refractivity contribution in [2.24, 2.45) is 0 Å². The molecule has 2 amide bonds. The number of nitrogens with one attached hydrogen (secondary N) is 2. The topological polar surface area (TPSA) is 113 Å². The highest BCUT2D eigenvalue weighted by molar-refractivity contribution is 5.89. The van der Waals surface area contributed by atoms with E-state index in [4.69, 9.17) is 0 Å². The fraction of sp³-hybridized carbons (Fsp3) is 0.217. The van der Waals surface area contributed by atoms with Crippen LogP contribution in [0.25, 0.3) is 0 Å². The van der Waals surface area contributed by atoms with E-state index in [1.807, 2.05) is 49.4 Å². The molecular formula is C23H24N4O4. The molecular weight excluding hydrogens is 396 g/mol. The number of carboxylic acids is 1. The summed E-state index contributed by atoms with van der Waals surface area (Å²) in [6, 6.07) is 15.2. The number of urea groups is 1. The maximum Gasteiger partial charge on any atom is 0.319 e. The predicted octanol–water partition coefficient (Wildman–Crippen LogP) is 3.25. The van der Waals surface area contributed by atoms with E-state index in [1.165, 1.54) is 10.8 Å². The third kappa shape index (κ3) is 5.79. The van der Waals surface area contributed by atoms with E-state index in [0.717, 1.165) is 11.1 Å². The van der Waals surface area contributed by atoms with Gasteiger partial charge in [-0.15, -0.1) is 0 Å². The van der Waals surface area contributed by atoms with Crippen LogP contribution in [-0.4, -0.2) is 26.7 Å². The van der Waals surface area contributed by atoms with Gasteiger partial charge in [-0.1, -0.05) is 60.2 Å². The van der Waals surface area contributed by atoms with E-state index < -0.39 is 23.6 Å². The van der Waals surface area contributed by atoms with Gasteiger partial charge >= 0.3 is 12.0 Å². The Labute approximate surface area is 179 Å². The number of aromatic nitrogens is 2. The Bertz CT molecular complexity index is 1120. The van der Waals surface area contributed by atoms with E-state index in [0.29, 0.717) is 17.9 Å². The van der Waals surface area contributed by atoms with Gasteiger partial charge in [0.25, 0.3) is 5.56 Å². The van der Waals surface area contributed by atoms with Crippen molar-refractivity contribution in [1.29, 1.82) is 0 Å². The van der Waals surface area contributed by atoms with E-state index in [1.54, 1.807) is 19.1 Å². The first kappa shape index (κ1) is 21.8. The lowest BCUT2D eigenvalue weighted by Gasteiger charge is -2.18. The van der Waals surface area contributed by atoms with Crippen molar-refractivity contribution >= 4 is 17.7 Å². The summed E-state index contributed by atoms with van der Waals surface area (Å²) >= 11 is 0. The molecule has 3 N–H and O–H groups in total. The summed E-state index contributed by atoms with van der Waals surface area (Å²) in [6.45, 7) is 3.95. The molecule has 0 aliphatic carbocycles. The van der Waals surface area contributed by atoms with Crippen LogP contribution in [0.4, 0.5) is 10.5 Å². The van der Waals surface area contributed by atoms with Gasteiger partial charge in [0.1, 0.15) is 11.5 Å². The molecule has 0 spiro atoms. The monoisotopic (exact) mass is 420 g/mol. The van der Waals surface area contributed by atoms with Crippen LogP contribution in [0, 0.1) is 13.8 Å². The summed E-state index contributed by atoms with van der Waals surface area (Å²) in [5, 5.41) is 14.4. The molecule has 0 aliphatic rings. The maximum atomic E-state index is 12.9. The number of carboxylic acid groups (broad SMARTS) is 1. The molecule has 0 bridgehead atoms. The molecule has 0 saturated carbocycles.